The molecule has 132 valence electrons. The number of amides is 1. The number of hydrogen-bond donors (Lipinski definition) is 1. The highest BCUT2D eigenvalue weighted by atomic mass is 35.5. The molecule has 0 bridgehead atoms. The molecule has 1 aromatic heterocycles. The number of carbonyl (C=O) groups excluding carboxylic acids is 1. The van der Waals surface area contributed by atoms with E-state index in [0.29, 0.717) is 27.2 Å². The van der Waals surface area contributed by atoms with Crippen molar-refractivity contribution in [1.29, 1.82) is 0 Å². The van der Waals surface area contributed by atoms with Crippen molar-refractivity contribution in [2.75, 3.05) is 0 Å². The lowest BCUT2D eigenvalue weighted by molar-refractivity contribution is 0.0956. The van der Waals surface area contributed by atoms with Crippen LogP contribution in [0.25, 0.3) is 22.2 Å². The summed E-state index contributed by atoms with van der Waals surface area (Å²) in [5.41, 5.74) is 7.35. The van der Waals surface area contributed by atoms with Crippen LogP contribution in [0.2, 0.25) is 5.02 Å². The third-order valence-corrected chi connectivity index (χ3v) is 4.38. The van der Waals surface area contributed by atoms with E-state index in [1.54, 1.807) is 12.1 Å². The van der Waals surface area contributed by atoms with Gasteiger partial charge in [0, 0.05) is 16.7 Å². The molecule has 0 radical (unpaired) electrons. The summed E-state index contributed by atoms with van der Waals surface area (Å²) in [5.74, 6) is -0.285. The van der Waals surface area contributed by atoms with Crippen LogP contribution in [0.1, 0.15) is 36.7 Å². The largest absolute Gasteiger partial charge is 0.272 e. The number of halogens is 1. The average molecular weight is 366 g/mol. The van der Waals surface area contributed by atoms with Gasteiger partial charge in [-0.3, -0.25) is 4.79 Å². The van der Waals surface area contributed by atoms with E-state index < -0.39 is 0 Å². The molecular weight excluding hydrogens is 346 g/mol. The van der Waals surface area contributed by atoms with E-state index in [-0.39, 0.29) is 5.91 Å². The fourth-order valence-electron chi connectivity index (χ4n) is 2.68. The van der Waals surface area contributed by atoms with Gasteiger partial charge >= 0.3 is 0 Å². The Balaban J connectivity index is 2.17. The van der Waals surface area contributed by atoms with Crippen LogP contribution in [0.3, 0.4) is 0 Å². The number of aromatic nitrogens is 1. The van der Waals surface area contributed by atoms with Gasteiger partial charge in [-0.15, -0.1) is 0 Å². The first-order valence-electron chi connectivity index (χ1n) is 8.49. The van der Waals surface area contributed by atoms with Gasteiger partial charge in [-0.1, -0.05) is 54.9 Å². The lowest BCUT2D eigenvalue weighted by Gasteiger charge is -2.10. The van der Waals surface area contributed by atoms with Crippen LogP contribution in [0.15, 0.2) is 53.6 Å². The van der Waals surface area contributed by atoms with Crippen molar-refractivity contribution in [2.45, 2.75) is 27.2 Å². The maximum atomic E-state index is 12.7. The molecule has 3 rings (SSSR count). The van der Waals surface area contributed by atoms with Crippen molar-refractivity contribution in [3.8, 4) is 11.3 Å². The van der Waals surface area contributed by atoms with Crippen LogP contribution in [0.5, 0.6) is 0 Å². The number of fused-ring (bicyclic) bond motifs is 1. The van der Waals surface area contributed by atoms with Crippen molar-refractivity contribution in [3.63, 3.8) is 0 Å². The standard InChI is InChI=1S/C21H20ClN3O/c1-4-14-8-10-15(11-9-14)19-12-17(21(26)25-24-13(2)3)16-6-5-7-18(22)20(16)23-19/h5-12H,4H2,1-3H3,(H,25,26). The molecule has 4 nitrogen and oxygen atoms in total. The zero-order chi connectivity index (χ0) is 18.7. The minimum atomic E-state index is -0.285. The van der Waals surface area contributed by atoms with Gasteiger partial charge in [0.05, 0.1) is 21.8 Å². The molecule has 0 fully saturated rings. The van der Waals surface area contributed by atoms with Gasteiger partial charge < -0.3 is 0 Å². The lowest BCUT2D eigenvalue weighted by Crippen LogP contribution is -2.19. The number of hydrazone groups is 1. The number of rotatable bonds is 4. The number of pyridine rings is 1. The predicted molar refractivity (Wildman–Crippen MR) is 108 cm³/mol. The first-order valence-corrected chi connectivity index (χ1v) is 8.87. The Bertz CT molecular complexity index is 990. The second-order valence-electron chi connectivity index (χ2n) is 6.24. The molecule has 2 aromatic carbocycles. The Morgan fingerprint density at radius 3 is 2.54 bits per heavy atom. The Morgan fingerprint density at radius 1 is 1.15 bits per heavy atom. The van der Waals surface area contributed by atoms with Crippen molar-refractivity contribution >= 4 is 34.1 Å². The third-order valence-electron chi connectivity index (χ3n) is 4.07. The van der Waals surface area contributed by atoms with E-state index in [1.165, 1.54) is 5.56 Å². The molecule has 0 atom stereocenters. The van der Waals surface area contributed by atoms with Gasteiger partial charge in [0.2, 0.25) is 0 Å². The topological polar surface area (TPSA) is 54.4 Å². The summed E-state index contributed by atoms with van der Waals surface area (Å²) >= 11 is 6.35. The minimum Gasteiger partial charge on any atom is -0.267 e. The van der Waals surface area contributed by atoms with Gasteiger partial charge in [0.1, 0.15) is 0 Å². The van der Waals surface area contributed by atoms with Gasteiger partial charge in [0.15, 0.2) is 0 Å². The van der Waals surface area contributed by atoms with E-state index in [9.17, 15) is 4.79 Å². The molecule has 0 aliphatic carbocycles. The Morgan fingerprint density at radius 2 is 1.88 bits per heavy atom. The molecule has 0 spiro atoms. The summed E-state index contributed by atoms with van der Waals surface area (Å²) in [6, 6.07) is 15.4. The summed E-state index contributed by atoms with van der Waals surface area (Å²) in [6.45, 7) is 5.76. The molecule has 1 heterocycles. The second-order valence-corrected chi connectivity index (χ2v) is 6.65. The zero-order valence-electron chi connectivity index (χ0n) is 15.0. The Hall–Kier alpha value is -2.72. The normalized spacial score (nSPS) is 10.6. The molecular formula is C21H20ClN3O. The predicted octanol–water partition coefficient (Wildman–Crippen LogP) is 5.24. The number of nitrogens with zero attached hydrogens (tertiary/aromatic N) is 2. The highest BCUT2D eigenvalue weighted by Crippen LogP contribution is 2.29. The molecule has 0 saturated heterocycles. The van der Waals surface area contributed by atoms with Gasteiger partial charge in [-0.05, 0) is 38.0 Å². The van der Waals surface area contributed by atoms with Crippen LogP contribution < -0.4 is 5.43 Å². The van der Waals surface area contributed by atoms with Crippen LogP contribution in [-0.4, -0.2) is 16.6 Å². The lowest BCUT2D eigenvalue weighted by atomic mass is 10.0. The zero-order valence-corrected chi connectivity index (χ0v) is 15.8. The number of nitrogens with one attached hydrogen (secondary N) is 1. The van der Waals surface area contributed by atoms with Crippen molar-refractivity contribution in [2.24, 2.45) is 5.10 Å². The van der Waals surface area contributed by atoms with Gasteiger partial charge in [0.25, 0.3) is 5.91 Å². The fraction of sp³-hybridized carbons (Fsp3) is 0.190. The number of para-hydroxylation sites is 1. The number of carbonyl (C=O) groups is 1. The monoisotopic (exact) mass is 365 g/mol. The van der Waals surface area contributed by atoms with Crippen molar-refractivity contribution in [1.82, 2.24) is 10.4 Å². The number of hydrogen-bond acceptors (Lipinski definition) is 3. The molecule has 0 saturated carbocycles. The van der Waals surface area contributed by atoms with E-state index in [2.05, 4.69) is 29.6 Å². The van der Waals surface area contributed by atoms with E-state index in [0.717, 1.165) is 17.7 Å². The molecule has 0 unspecified atom stereocenters. The molecule has 1 N–H and O–H groups in total. The van der Waals surface area contributed by atoms with Crippen LogP contribution in [-0.2, 0) is 6.42 Å². The van der Waals surface area contributed by atoms with Crippen molar-refractivity contribution < 1.29 is 4.79 Å². The maximum Gasteiger partial charge on any atom is 0.272 e. The SMILES string of the molecule is CCc1ccc(-c2cc(C(=O)NN=C(C)C)c3cccc(Cl)c3n2)cc1. The van der Waals surface area contributed by atoms with Crippen LogP contribution in [0, 0.1) is 0 Å². The first kappa shape index (κ1) is 18.1. The Labute approximate surface area is 157 Å². The van der Waals surface area contributed by atoms with E-state index in [4.69, 9.17) is 16.6 Å². The molecule has 0 aliphatic heterocycles. The highest BCUT2D eigenvalue weighted by Gasteiger charge is 2.15. The number of aryl methyl sites for hydroxylation is 1. The van der Waals surface area contributed by atoms with E-state index in [1.807, 2.05) is 38.1 Å². The summed E-state index contributed by atoms with van der Waals surface area (Å²) in [7, 11) is 0. The smallest absolute Gasteiger partial charge is 0.267 e. The van der Waals surface area contributed by atoms with Crippen LogP contribution in [0.4, 0.5) is 0 Å². The first-order chi connectivity index (χ1) is 12.5. The van der Waals surface area contributed by atoms with Crippen LogP contribution >= 0.6 is 11.6 Å². The van der Waals surface area contributed by atoms with Gasteiger partial charge in [-0.2, -0.15) is 5.10 Å². The minimum absolute atomic E-state index is 0.285. The molecule has 3 aromatic rings. The molecule has 5 heteroatoms. The van der Waals surface area contributed by atoms with Gasteiger partial charge in [-0.25, -0.2) is 10.4 Å². The summed E-state index contributed by atoms with van der Waals surface area (Å²) < 4.78 is 0. The second kappa shape index (κ2) is 7.67. The van der Waals surface area contributed by atoms with Crippen molar-refractivity contribution in [3.05, 3.63) is 64.7 Å². The highest BCUT2D eigenvalue weighted by molar-refractivity contribution is 6.35. The quantitative estimate of drug-likeness (QED) is 0.507. The molecule has 1 amide bonds. The summed E-state index contributed by atoms with van der Waals surface area (Å²) in [6.07, 6.45) is 0.972. The summed E-state index contributed by atoms with van der Waals surface area (Å²) in [5, 5.41) is 5.23. The maximum absolute atomic E-state index is 12.7. The average Bonchev–Trinajstić information content (AvgIpc) is 2.66. The fourth-order valence-corrected chi connectivity index (χ4v) is 2.90. The molecule has 0 aliphatic rings. The molecule has 26 heavy (non-hydrogen) atoms. The number of benzene rings is 2. The third kappa shape index (κ3) is 3.75. The summed E-state index contributed by atoms with van der Waals surface area (Å²) in [4.78, 5) is 17.4. The van der Waals surface area contributed by atoms with E-state index >= 15 is 0 Å². The Kier molecular flexibility index (Phi) is 5.33.